The Morgan fingerprint density at radius 3 is 2.78 bits per heavy atom. The number of phenols is 1. The molecule has 4 heteroatoms. The van der Waals surface area contributed by atoms with Gasteiger partial charge in [0.2, 0.25) is 0 Å². The number of phenolic OH excluding ortho intramolecular Hbond substituents is 1. The minimum atomic E-state index is 0.103. The summed E-state index contributed by atoms with van der Waals surface area (Å²) in [6, 6.07) is 4.23. The second kappa shape index (κ2) is 4.65. The second-order valence-corrected chi connectivity index (χ2v) is 7.17. The van der Waals surface area contributed by atoms with Gasteiger partial charge in [-0.05, 0) is 48.3 Å². The van der Waals surface area contributed by atoms with Gasteiger partial charge in [0.05, 0.1) is 11.6 Å². The molecule has 0 bridgehead atoms. The predicted octanol–water partition coefficient (Wildman–Crippen LogP) is 4.47. The van der Waals surface area contributed by atoms with E-state index in [0.29, 0.717) is 5.75 Å². The van der Waals surface area contributed by atoms with Gasteiger partial charge < -0.3 is 14.4 Å². The summed E-state index contributed by atoms with van der Waals surface area (Å²) in [5, 5.41) is 13.3. The molecule has 4 nitrogen and oxygen atoms in total. The third-order valence-corrected chi connectivity index (χ3v) is 5.29. The summed E-state index contributed by atoms with van der Waals surface area (Å²) in [6.45, 7) is 6.43. The van der Waals surface area contributed by atoms with E-state index in [2.05, 4.69) is 19.9 Å². The van der Waals surface area contributed by atoms with Crippen molar-refractivity contribution in [2.24, 2.45) is 5.90 Å². The third kappa shape index (κ3) is 1.81. The van der Waals surface area contributed by atoms with Crippen LogP contribution in [0.3, 0.4) is 0 Å². The van der Waals surface area contributed by atoms with Crippen molar-refractivity contribution in [1.29, 1.82) is 0 Å². The summed E-state index contributed by atoms with van der Waals surface area (Å²) in [7, 11) is 0. The Labute approximate surface area is 134 Å². The molecule has 0 amide bonds. The van der Waals surface area contributed by atoms with E-state index >= 15 is 0 Å². The fourth-order valence-corrected chi connectivity index (χ4v) is 4.11. The Morgan fingerprint density at radius 1 is 1.26 bits per heavy atom. The summed E-state index contributed by atoms with van der Waals surface area (Å²) in [6.07, 6.45) is 4.87. The van der Waals surface area contributed by atoms with E-state index in [0.717, 1.165) is 46.6 Å². The van der Waals surface area contributed by atoms with E-state index in [1.165, 1.54) is 11.1 Å². The topological polar surface area (TPSA) is 68.6 Å². The van der Waals surface area contributed by atoms with Crippen LogP contribution in [0.4, 0.5) is 0 Å². The number of fused-ring (bicyclic) bond motifs is 5. The van der Waals surface area contributed by atoms with Crippen LogP contribution in [0.15, 0.2) is 22.8 Å². The molecular formula is C19H21NO3. The number of hydrogen-bond acceptors (Lipinski definition) is 4. The molecule has 0 saturated heterocycles. The van der Waals surface area contributed by atoms with E-state index in [4.69, 9.17) is 15.2 Å². The number of rotatable bonds is 1. The van der Waals surface area contributed by atoms with Gasteiger partial charge >= 0.3 is 0 Å². The van der Waals surface area contributed by atoms with E-state index in [1.54, 1.807) is 6.26 Å². The average Bonchev–Trinajstić information content (AvgIpc) is 2.89. The molecule has 3 aromatic rings. The van der Waals surface area contributed by atoms with Gasteiger partial charge in [-0.3, -0.25) is 0 Å². The van der Waals surface area contributed by atoms with Crippen molar-refractivity contribution >= 4 is 21.7 Å². The van der Waals surface area contributed by atoms with Crippen LogP contribution in [0.1, 0.15) is 43.4 Å². The fraction of sp³-hybridized carbons (Fsp3) is 0.368. The molecule has 0 aliphatic heterocycles. The Hall–Kier alpha value is -2.20. The first kappa shape index (κ1) is 14.4. The Balaban J connectivity index is 2.22. The highest BCUT2D eigenvalue weighted by Crippen LogP contribution is 2.49. The molecule has 1 aliphatic carbocycles. The van der Waals surface area contributed by atoms with Crippen molar-refractivity contribution in [2.75, 3.05) is 0 Å². The minimum absolute atomic E-state index is 0.103. The maximum absolute atomic E-state index is 10.9. The van der Waals surface area contributed by atoms with Crippen LogP contribution >= 0.6 is 0 Å². The molecule has 0 atom stereocenters. The zero-order valence-electron chi connectivity index (χ0n) is 13.7. The van der Waals surface area contributed by atoms with Crippen molar-refractivity contribution in [2.45, 2.75) is 45.4 Å². The highest BCUT2D eigenvalue weighted by Gasteiger charge is 2.31. The van der Waals surface area contributed by atoms with Gasteiger partial charge in [-0.25, -0.2) is 0 Å². The molecule has 3 N–H and O–H groups in total. The lowest BCUT2D eigenvalue weighted by Gasteiger charge is -2.33. The van der Waals surface area contributed by atoms with Crippen LogP contribution < -0.4 is 10.7 Å². The molecule has 2 aromatic carbocycles. The first-order valence-corrected chi connectivity index (χ1v) is 8.01. The molecule has 0 unspecified atom stereocenters. The Morgan fingerprint density at radius 2 is 2.04 bits per heavy atom. The monoisotopic (exact) mass is 311 g/mol. The lowest BCUT2D eigenvalue weighted by atomic mass is 9.71. The molecular weight excluding hydrogens is 290 g/mol. The summed E-state index contributed by atoms with van der Waals surface area (Å²) < 4.78 is 5.76. The second-order valence-electron chi connectivity index (χ2n) is 7.17. The van der Waals surface area contributed by atoms with Crippen molar-refractivity contribution in [3.05, 3.63) is 35.1 Å². The first-order chi connectivity index (χ1) is 11.0. The molecule has 1 heterocycles. The molecule has 0 saturated carbocycles. The number of nitrogens with two attached hydrogens (primary N) is 1. The summed E-state index contributed by atoms with van der Waals surface area (Å²) >= 11 is 0. The zero-order valence-corrected chi connectivity index (χ0v) is 13.7. The third-order valence-electron chi connectivity index (χ3n) is 5.29. The molecule has 0 fully saturated rings. The van der Waals surface area contributed by atoms with Crippen LogP contribution in [-0.2, 0) is 11.8 Å². The van der Waals surface area contributed by atoms with E-state index in [9.17, 15) is 5.11 Å². The predicted molar refractivity (Wildman–Crippen MR) is 90.9 cm³/mol. The summed E-state index contributed by atoms with van der Waals surface area (Å²) in [5.41, 5.74) is 4.20. The molecule has 1 aromatic heterocycles. The minimum Gasteiger partial charge on any atom is -0.504 e. The van der Waals surface area contributed by atoms with Crippen LogP contribution in [0.25, 0.3) is 21.7 Å². The highest BCUT2D eigenvalue weighted by atomic mass is 16.6. The average molecular weight is 311 g/mol. The van der Waals surface area contributed by atoms with Crippen molar-refractivity contribution < 1.29 is 14.4 Å². The van der Waals surface area contributed by atoms with Crippen LogP contribution in [0.5, 0.6) is 11.5 Å². The normalized spacial score (nSPS) is 16.7. The molecule has 0 spiro atoms. The van der Waals surface area contributed by atoms with Crippen molar-refractivity contribution in [1.82, 2.24) is 0 Å². The number of aromatic hydroxyl groups is 1. The molecule has 23 heavy (non-hydrogen) atoms. The van der Waals surface area contributed by atoms with Crippen LogP contribution in [0.2, 0.25) is 0 Å². The largest absolute Gasteiger partial charge is 0.504 e. The van der Waals surface area contributed by atoms with E-state index in [-0.39, 0.29) is 11.2 Å². The van der Waals surface area contributed by atoms with E-state index < -0.39 is 0 Å². The van der Waals surface area contributed by atoms with Gasteiger partial charge in [-0.2, -0.15) is 5.90 Å². The number of aryl methyl sites for hydroxylation is 2. The SMILES string of the molecule is Cc1coc2c1c(ON)c(O)c1c3c(ccc12)C(C)(C)CCC3. The smallest absolute Gasteiger partial charge is 0.200 e. The lowest BCUT2D eigenvalue weighted by molar-refractivity contribution is 0.318. The van der Waals surface area contributed by atoms with Gasteiger partial charge in [0.15, 0.2) is 11.5 Å². The fourth-order valence-electron chi connectivity index (χ4n) is 4.11. The van der Waals surface area contributed by atoms with Crippen molar-refractivity contribution in [3.63, 3.8) is 0 Å². The Kier molecular flexibility index (Phi) is 2.91. The summed E-state index contributed by atoms with van der Waals surface area (Å²) in [5.74, 6) is 5.88. The number of hydrogen-bond donors (Lipinski definition) is 2. The maximum atomic E-state index is 10.9. The van der Waals surface area contributed by atoms with Crippen LogP contribution in [0, 0.1) is 6.92 Å². The molecule has 120 valence electrons. The Bertz CT molecular complexity index is 937. The number of furan rings is 1. The maximum Gasteiger partial charge on any atom is 0.200 e. The van der Waals surface area contributed by atoms with Gasteiger partial charge in [-0.1, -0.05) is 26.0 Å². The van der Waals surface area contributed by atoms with Gasteiger partial charge in [-0.15, -0.1) is 0 Å². The quantitative estimate of drug-likeness (QED) is 0.651. The van der Waals surface area contributed by atoms with Crippen molar-refractivity contribution in [3.8, 4) is 11.5 Å². The van der Waals surface area contributed by atoms with E-state index in [1.807, 2.05) is 13.0 Å². The van der Waals surface area contributed by atoms with Gasteiger partial charge in [0.25, 0.3) is 0 Å². The van der Waals surface area contributed by atoms with Crippen LogP contribution in [-0.4, -0.2) is 5.11 Å². The molecule has 4 rings (SSSR count). The molecule has 1 aliphatic rings. The summed E-state index contributed by atoms with van der Waals surface area (Å²) in [4.78, 5) is 5.04. The zero-order chi connectivity index (χ0) is 16.4. The van der Waals surface area contributed by atoms with Gasteiger partial charge in [0, 0.05) is 10.8 Å². The molecule has 0 radical (unpaired) electrons. The standard InChI is InChI=1S/C19H21NO3/c1-10-9-22-17-12-6-7-13-11(5-4-8-19(13,2)3)15(12)16(21)18(23-20)14(10)17/h6-7,9,21H,4-5,8,20H2,1-3H3. The number of benzene rings is 2. The van der Waals surface area contributed by atoms with Gasteiger partial charge in [0.1, 0.15) is 5.58 Å². The highest BCUT2D eigenvalue weighted by molar-refractivity contribution is 6.13. The lowest BCUT2D eigenvalue weighted by Crippen LogP contribution is -2.23. The first-order valence-electron chi connectivity index (χ1n) is 8.01.